The molecule has 0 aromatic carbocycles. The summed E-state index contributed by atoms with van der Waals surface area (Å²) < 4.78 is 0. The summed E-state index contributed by atoms with van der Waals surface area (Å²) in [6.07, 6.45) is 2.50. The first-order chi connectivity index (χ1) is 9.63. The molecule has 1 saturated carbocycles. The molecule has 0 saturated heterocycles. The Labute approximate surface area is 125 Å². The Morgan fingerprint density at radius 1 is 1.45 bits per heavy atom. The third-order valence-corrected chi connectivity index (χ3v) is 5.18. The fourth-order valence-corrected chi connectivity index (χ4v) is 3.34. The van der Waals surface area contributed by atoms with Crippen LogP contribution in [0.2, 0.25) is 0 Å². The van der Waals surface area contributed by atoms with Gasteiger partial charge in [0.05, 0.1) is 12.2 Å². The standard InChI is InChI=1S/C13H16N4OS2/c1-7(2)12-16-17-13(20-12)11(18)14-5-10-15-9(6-19-10)8-3-4-8/h6-8H,3-5H2,1-2H3,(H,14,18). The van der Waals surface area contributed by atoms with Gasteiger partial charge in [0.25, 0.3) is 5.91 Å². The van der Waals surface area contributed by atoms with Crippen molar-refractivity contribution >= 4 is 28.6 Å². The van der Waals surface area contributed by atoms with Gasteiger partial charge in [-0.3, -0.25) is 4.79 Å². The van der Waals surface area contributed by atoms with Crippen molar-refractivity contribution in [1.29, 1.82) is 0 Å². The summed E-state index contributed by atoms with van der Waals surface area (Å²) in [5.41, 5.74) is 1.18. The number of carbonyl (C=O) groups is 1. The van der Waals surface area contributed by atoms with Gasteiger partial charge < -0.3 is 5.32 Å². The predicted molar refractivity (Wildman–Crippen MR) is 79.3 cm³/mol. The number of amides is 1. The van der Waals surface area contributed by atoms with Crippen LogP contribution >= 0.6 is 22.7 Å². The first-order valence-electron chi connectivity index (χ1n) is 6.69. The fraction of sp³-hybridized carbons (Fsp3) is 0.538. The van der Waals surface area contributed by atoms with Crippen LogP contribution in [0.15, 0.2) is 5.38 Å². The fourth-order valence-electron chi connectivity index (χ4n) is 1.76. The van der Waals surface area contributed by atoms with E-state index < -0.39 is 0 Å². The molecule has 0 radical (unpaired) electrons. The molecule has 1 amide bonds. The molecule has 0 unspecified atom stereocenters. The Kier molecular flexibility index (Phi) is 3.80. The van der Waals surface area contributed by atoms with Crippen LogP contribution in [0.5, 0.6) is 0 Å². The molecule has 0 aliphatic heterocycles. The Balaban J connectivity index is 1.57. The number of carbonyl (C=O) groups excluding carboxylic acids is 1. The molecule has 2 aromatic rings. The Morgan fingerprint density at radius 3 is 2.90 bits per heavy atom. The number of aromatic nitrogens is 3. The summed E-state index contributed by atoms with van der Waals surface area (Å²) in [5, 5.41) is 15.2. The number of hydrogen-bond donors (Lipinski definition) is 1. The van der Waals surface area contributed by atoms with E-state index in [0.29, 0.717) is 23.4 Å². The van der Waals surface area contributed by atoms with E-state index in [1.54, 1.807) is 11.3 Å². The van der Waals surface area contributed by atoms with Gasteiger partial charge in [0.15, 0.2) is 0 Å². The van der Waals surface area contributed by atoms with Crippen LogP contribution in [0.1, 0.15) is 64.0 Å². The van der Waals surface area contributed by atoms with E-state index in [0.717, 1.165) is 10.0 Å². The zero-order valence-electron chi connectivity index (χ0n) is 11.4. The Hall–Kier alpha value is -1.34. The van der Waals surface area contributed by atoms with Gasteiger partial charge in [-0.05, 0) is 12.8 Å². The predicted octanol–water partition coefficient (Wildman–Crippen LogP) is 2.93. The van der Waals surface area contributed by atoms with Crippen LogP contribution in [-0.2, 0) is 6.54 Å². The van der Waals surface area contributed by atoms with Crippen molar-refractivity contribution in [2.75, 3.05) is 0 Å². The Morgan fingerprint density at radius 2 is 2.25 bits per heavy atom. The first-order valence-corrected chi connectivity index (χ1v) is 8.39. The van der Waals surface area contributed by atoms with Crippen molar-refractivity contribution in [3.63, 3.8) is 0 Å². The topological polar surface area (TPSA) is 67.8 Å². The minimum Gasteiger partial charge on any atom is -0.343 e. The molecule has 5 nitrogen and oxygen atoms in total. The number of hydrogen-bond acceptors (Lipinski definition) is 6. The van der Waals surface area contributed by atoms with Crippen molar-refractivity contribution in [2.45, 2.75) is 45.1 Å². The van der Waals surface area contributed by atoms with Gasteiger partial charge in [0.1, 0.15) is 10.0 Å². The lowest BCUT2D eigenvalue weighted by Gasteiger charge is -1.99. The van der Waals surface area contributed by atoms with Crippen molar-refractivity contribution in [3.05, 3.63) is 26.1 Å². The van der Waals surface area contributed by atoms with Crippen LogP contribution in [0.4, 0.5) is 0 Å². The summed E-state index contributed by atoms with van der Waals surface area (Å²) in [6.45, 7) is 4.54. The Bertz CT molecular complexity index is 615. The van der Waals surface area contributed by atoms with Crippen molar-refractivity contribution in [3.8, 4) is 0 Å². The molecule has 20 heavy (non-hydrogen) atoms. The molecule has 1 aliphatic rings. The quantitative estimate of drug-likeness (QED) is 0.922. The lowest BCUT2D eigenvalue weighted by atomic mass is 10.2. The average molecular weight is 308 g/mol. The highest BCUT2D eigenvalue weighted by atomic mass is 32.1. The lowest BCUT2D eigenvalue weighted by molar-refractivity contribution is 0.0949. The maximum Gasteiger partial charge on any atom is 0.282 e. The number of thiazole rings is 1. The number of nitrogens with one attached hydrogen (secondary N) is 1. The van der Waals surface area contributed by atoms with E-state index in [9.17, 15) is 4.79 Å². The molecule has 0 atom stereocenters. The van der Waals surface area contributed by atoms with Crippen LogP contribution < -0.4 is 5.32 Å². The minimum atomic E-state index is -0.169. The van der Waals surface area contributed by atoms with E-state index in [-0.39, 0.29) is 5.91 Å². The maximum absolute atomic E-state index is 12.0. The molecule has 0 bridgehead atoms. The third kappa shape index (κ3) is 3.04. The van der Waals surface area contributed by atoms with Gasteiger partial charge in [-0.15, -0.1) is 21.5 Å². The largest absolute Gasteiger partial charge is 0.343 e. The van der Waals surface area contributed by atoms with E-state index in [2.05, 4.69) is 25.9 Å². The summed E-state index contributed by atoms with van der Waals surface area (Å²) in [7, 11) is 0. The molecular formula is C13H16N4OS2. The smallest absolute Gasteiger partial charge is 0.282 e. The highest BCUT2D eigenvalue weighted by Crippen LogP contribution is 2.40. The van der Waals surface area contributed by atoms with Crippen molar-refractivity contribution < 1.29 is 4.79 Å². The summed E-state index contributed by atoms with van der Waals surface area (Å²) in [4.78, 5) is 16.5. The molecule has 2 heterocycles. The van der Waals surface area contributed by atoms with Gasteiger partial charge in [-0.2, -0.15) is 0 Å². The highest BCUT2D eigenvalue weighted by molar-refractivity contribution is 7.13. The highest BCUT2D eigenvalue weighted by Gasteiger charge is 2.26. The SMILES string of the molecule is CC(C)c1nnc(C(=O)NCc2nc(C3CC3)cs2)s1. The third-order valence-electron chi connectivity index (χ3n) is 3.09. The monoisotopic (exact) mass is 308 g/mol. The van der Waals surface area contributed by atoms with Crippen LogP contribution in [-0.4, -0.2) is 21.1 Å². The number of rotatable bonds is 5. The zero-order valence-corrected chi connectivity index (χ0v) is 13.1. The van der Waals surface area contributed by atoms with Crippen LogP contribution in [0.3, 0.4) is 0 Å². The van der Waals surface area contributed by atoms with Gasteiger partial charge in [-0.25, -0.2) is 4.98 Å². The van der Waals surface area contributed by atoms with Gasteiger partial charge in [0.2, 0.25) is 5.01 Å². The van der Waals surface area contributed by atoms with E-state index in [1.807, 2.05) is 13.8 Å². The van der Waals surface area contributed by atoms with E-state index in [1.165, 1.54) is 29.9 Å². The van der Waals surface area contributed by atoms with Gasteiger partial charge >= 0.3 is 0 Å². The average Bonchev–Trinajstić information content (AvgIpc) is 2.98. The molecule has 3 rings (SSSR count). The molecule has 2 aromatic heterocycles. The van der Waals surface area contributed by atoms with Crippen molar-refractivity contribution in [2.24, 2.45) is 0 Å². The second kappa shape index (κ2) is 5.57. The van der Waals surface area contributed by atoms with Crippen LogP contribution in [0, 0.1) is 0 Å². The summed E-state index contributed by atoms with van der Waals surface area (Å²) in [5.74, 6) is 0.791. The number of nitrogens with zero attached hydrogens (tertiary/aromatic N) is 3. The molecule has 1 aliphatic carbocycles. The molecule has 7 heteroatoms. The first kappa shape index (κ1) is 13.6. The summed E-state index contributed by atoms with van der Waals surface area (Å²) in [6, 6.07) is 0. The van der Waals surface area contributed by atoms with Crippen molar-refractivity contribution in [1.82, 2.24) is 20.5 Å². The van der Waals surface area contributed by atoms with E-state index >= 15 is 0 Å². The lowest BCUT2D eigenvalue weighted by Crippen LogP contribution is -2.22. The second-order valence-corrected chi connectivity index (χ2v) is 7.17. The molecule has 1 fully saturated rings. The molecule has 1 N–H and O–H groups in total. The van der Waals surface area contributed by atoms with Gasteiger partial charge in [0, 0.05) is 17.2 Å². The normalized spacial score (nSPS) is 14.8. The molecule has 106 valence electrons. The molecular weight excluding hydrogens is 292 g/mol. The summed E-state index contributed by atoms with van der Waals surface area (Å²) >= 11 is 2.96. The van der Waals surface area contributed by atoms with Gasteiger partial charge in [-0.1, -0.05) is 25.2 Å². The minimum absolute atomic E-state index is 0.169. The van der Waals surface area contributed by atoms with Crippen LogP contribution in [0.25, 0.3) is 0 Å². The second-order valence-electron chi connectivity index (χ2n) is 5.22. The maximum atomic E-state index is 12.0. The molecule has 0 spiro atoms. The zero-order chi connectivity index (χ0) is 14.1. The van der Waals surface area contributed by atoms with E-state index in [4.69, 9.17) is 0 Å².